The number of carbonyl (C=O) groups is 1. The van der Waals surface area contributed by atoms with Crippen LogP contribution in [-0.4, -0.2) is 15.9 Å². The average molecular weight is 350 g/mol. The molecule has 0 saturated carbocycles. The number of nitrogens with one attached hydrogen (secondary N) is 1. The maximum Gasteiger partial charge on any atom is 0.226 e. The van der Waals surface area contributed by atoms with Gasteiger partial charge in [-0.3, -0.25) is 4.79 Å². The second kappa shape index (κ2) is 7.09. The molecule has 1 amide bonds. The van der Waals surface area contributed by atoms with E-state index in [0.717, 1.165) is 28.6 Å². The van der Waals surface area contributed by atoms with Crippen LogP contribution in [0.4, 0.5) is 0 Å². The highest BCUT2D eigenvalue weighted by Gasteiger charge is 2.20. The van der Waals surface area contributed by atoms with Gasteiger partial charge in [-0.25, -0.2) is 9.97 Å². The molecule has 1 aliphatic carbocycles. The maximum atomic E-state index is 12.2. The predicted octanol–water partition coefficient (Wildman–Crippen LogP) is 4.02. The van der Waals surface area contributed by atoms with Gasteiger partial charge in [-0.15, -0.1) is 22.7 Å². The summed E-state index contributed by atoms with van der Waals surface area (Å²) in [5.74, 6) is 0.434. The largest absolute Gasteiger partial charge is 0.347 e. The molecule has 1 atom stereocenters. The first-order valence-electron chi connectivity index (χ1n) is 8.25. The second-order valence-corrected chi connectivity index (χ2v) is 8.43. The number of amides is 1. The first-order chi connectivity index (χ1) is 11.0. The number of nitrogens with zero attached hydrogens (tertiary/aromatic N) is 2. The molecule has 2 aromatic heterocycles. The summed E-state index contributed by atoms with van der Waals surface area (Å²) in [6, 6.07) is -0.0266. The molecule has 0 unspecified atom stereocenters. The van der Waals surface area contributed by atoms with Gasteiger partial charge in [0.05, 0.1) is 28.9 Å². The number of thiazole rings is 2. The Morgan fingerprint density at radius 1 is 1.22 bits per heavy atom. The summed E-state index contributed by atoms with van der Waals surface area (Å²) >= 11 is 3.39. The van der Waals surface area contributed by atoms with Gasteiger partial charge in [0.2, 0.25) is 5.91 Å². The van der Waals surface area contributed by atoms with Crippen LogP contribution in [0, 0.1) is 0 Å². The van der Waals surface area contributed by atoms with Crippen molar-refractivity contribution >= 4 is 28.6 Å². The first kappa shape index (κ1) is 16.6. The van der Waals surface area contributed by atoms with Crippen molar-refractivity contribution in [2.75, 3.05) is 0 Å². The van der Waals surface area contributed by atoms with Crippen LogP contribution in [0.5, 0.6) is 0 Å². The van der Waals surface area contributed by atoms with Crippen molar-refractivity contribution in [3.63, 3.8) is 0 Å². The molecule has 4 nitrogen and oxygen atoms in total. The zero-order valence-corrected chi connectivity index (χ0v) is 15.5. The Kier molecular flexibility index (Phi) is 5.11. The molecule has 23 heavy (non-hydrogen) atoms. The molecule has 0 aromatic carbocycles. The molecule has 0 radical (unpaired) electrons. The van der Waals surface area contributed by atoms with Crippen molar-refractivity contribution in [2.24, 2.45) is 0 Å². The SMILES string of the molecule is CC(C)c1nc(CC(=O)N[C@H](C)c2nc3c(s2)CCCC3)cs1. The third-order valence-corrected chi connectivity index (χ3v) is 6.55. The Hall–Kier alpha value is -1.27. The number of hydrogen-bond acceptors (Lipinski definition) is 5. The Bertz CT molecular complexity index is 666. The molecule has 0 spiro atoms. The number of hydrogen-bond donors (Lipinski definition) is 1. The van der Waals surface area contributed by atoms with E-state index in [2.05, 4.69) is 24.1 Å². The van der Waals surface area contributed by atoms with Gasteiger partial charge in [-0.05, 0) is 32.6 Å². The van der Waals surface area contributed by atoms with Gasteiger partial charge in [0.25, 0.3) is 0 Å². The fourth-order valence-corrected chi connectivity index (χ4v) is 4.74. The van der Waals surface area contributed by atoms with Gasteiger partial charge >= 0.3 is 0 Å². The second-order valence-electron chi connectivity index (χ2n) is 6.43. The van der Waals surface area contributed by atoms with Crippen LogP contribution < -0.4 is 5.32 Å². The van der Waals surface area contributed by atoms with Gasteiger partial charge in [0.1, 0.15) is 5.01 Å². The van der Waals surface area contributed by atoms with E-state index in [1.54, 1.807) is 22.7 Å². The Morgan fingerprint density at radius 3 is 2.70 bits per heavy atom. The van der Waals surface area contributed by atoms with E-state index in [0.29, 0.717) is 12.3 Å². The molecule has 2 heterocycles. The maximum absolute atomic E-state index is 12.2. The monoisotopic (exact) mass is 349 g/mol. The number of carbonyl (C=O) groups excluding carboxylic acids is 1. The lowest BCUT2D eigenvalue weighted by Crippen LogP contribution is -2.28. The number of aromatic nitrogens is 2. The van der Waals surface area contributed by atoms with Crippen molar-refractivity contribution in [3.05, 3.63) is 31.7 Å². The highest BCUT2D eigenvalue weighted by atomic mass is 32.1. The lowest BCUT2D eigenvalue weighted by molar-refractivity contribution is -0.121. The molecule has 124 valence electrons. The lowest BCUT2D eigenvalue weighted by Gasteiger charge is -2.10. The summed E-state index contributed by atoms with van der Waals surface area (Å²) in [6.45, 7) is 6.26. The van der Waals surface area contributed by atoms with Crippen LogP contribution in [0.3, 0.4) is 0 Å². The molecular weight excluding hydrogens is 326 g/mol. The highest BCUT2D eigenvalue weighted by molar-refractivity contribution is 7.11. The van der Waals surface area contributed by atoms with E-state index in [-0.39, 0.29) is 11.9 Å². The van der Waals surface area contributed by atoms with Crippen LogP contribution in [0.1, 0.15) is 71.9 Å². The molecular formula is C17H23N3OS2. The molecule has 6 heteroatoms. The molecule has 1 aliphatic rings. The van der Waals surface area contributed by atoms with Gasteiger partial charge in [-0.2, -0.15) is 0 Å². The quantitative estimate of drug-likeness (QED) is 0.887. The molecule has 0 saturated heterocycles. The zero-order chi connectivity index (χ0) is 16.4. The van der Waals surface area contributed by atoms with Crippen LogP contribution >= 0.6 is 22.7 Å². The number of rotatable bonds is 5. The first-order valence-corrected chi connectivity index (χ1v) is 9.94. The minimum Gasteiger partial charge on any atom is -0.347 e. The Morgan fingerprint density at radius 2 is 2.00 bits per heavy atom. The van der Waals surface area contributed by atoms with E-state index in [1.807, 2.05) is 12.3 Å². The molecule has 1 N–H and O–H groups in total. The van der Waals surface area contributed by atoms with E-state index < -0.39 is 0 Å². The van der Waals surface area contributed by atoms with Crippen LogP contribution in [0.25, 0.3) is 0 Å². The zero-order valence-electron chi connectivity index (χ0n) is 13.9. The highest BCUT2D eigenvalue weighted by Crippen LogP contribution is 2.29. The summed E-state index contributed by atoms with van der Waals surface area (Å²) in [6.07, 6.45) is 5.07. The lowest BCUT2D eigenvalue weighted by atomic mass is 10.0. The van der Waals surface area contributed by atoms with Crippen molar-refractivity contribution in [2.45, 2.75) is 64.8 Å². The van der Waals surface area contributed by atoms with E-state index in [4.69, 9.17) is 4.98 Å². The summed E-state index contributed by atoms with van der Waals surface area (Å²) in [5, 5.41) is 7.18. The summed E-state index contributed by atoms with van der Waals surface area (Å²) < 4.78 is 0. The van der Waals surface area contributed by atoms with E-state index >= 15 is 0 Å². The van der Waals surface area contributed by atoms with Crippen molar-refractivity contribution in [1.29, 1.82) is 0 Å². The number of aryl methyl sites for hydroxylation is 2. The van der Waals surface area contributed by atoms with Gasteiger partial charge < -0.3 is 5.32 Å². The molecule has 3 rings (SSSR count). The molecule has 0 bridgehead atoms. The Labute approximate surface area is 145 Å². The standard InChI is InChI=1S/C17H23N3OS2/c1-10(2)16-19-12(9-22-16)8-15(21)18-11(3)17-20-13-6-4-5-7-14(13)23-17/h9-11H,4-8H2,1-3H3,(H,18,21)/t11-/m1/s1. The fraction of sp³-hybridized carbons (Fsp3) is 0.588. The topological polar surface area (TPSA) is 54.9 Å². The van der Waals surface area contributed by atoms with E-state index in [1.165, 1.54) is 23.4 Å². The van der Waals surface area contributed by atoms with Gasteiger partial charge in [-0.1, -0.05) is 13.8 Å². The van der Waals surface area contributed by atoms with Gasteiger partial charge in [0.15, 0.2) is 0 Å². The predicted molar refractivity (Wildman–Crippen MR) is 95.2 cm³/mol. The van der Waals surface area contributed by atoms with Crippen molar-refractivity contribution in [1.82, 2.24) is 15.3 Å². The fourth-order valence-electron chi connectivity index (χ4n) is 2.74. The molecule has 0 aliphatic heterocycles. The Balaban J connectivity index is 1.59. The van der Waals surface area contributed by atoms with E-state index in [9.17, 15) is 4.79 Å². The summed E-state index contributed by atoms with van der Waals surface area (Å²) in [5.41, 5.74) is 2.11. The summed E-state index contributed by atoms with van der Waals surface area (Å²) in [7, 11) is 0. The van der Waals surface area contributed by atoms with Crippen LogP contribution in [0.2, 0.25) is 0 Å². The summed E-state index contributed by atoms with van der Waals surface area (Å²) in [4.78, 5) is 22.9. The van der Waals surface area contributed by atoms with Crippen molar-refractivity contribution in [3.8, 4) is 0 Å². The average Bonchev–Trinajstić information content (AvgIpc) is 3.13. The minimum absolute atomic E-state index is 0.0197. The third-order valence-electron chi connectivity index (χ3n) is 4.02. The number of fused-ring (bicyclic) bond motifs is 1. The van der Waals surface area contributed by atoms with Gasteiger partial charge in [0, 0.05) is 16.2 Å². The smallest absolute Gasteiger partial charge is 0.226 e. The molecule has 0 fully saturated rings. The van der Waals surface area contributed by atoms with Crippen LogP contribution in [-0.2, 0) is 24.1 Å². The van der Waals surface area contributed by atoms with Crippen molar-refractivity contribution < 1.29 is 4.79 Å². The third kappa shape index (κ3) is 3.98. The molecule has 2 aromatic rings. The minimum atomic E-state index is -0.0266. The normalized spacial score (nSPS) is 15.5. The van der Waals surface area contributed by atoms with Crippen LogP contribution in [0.15, 0.2) is 5.38 Å².